The predicted molar refractivity (Wildman–Crippen MR) is 335 cm³/mol. The molecule has 2 aliphatic heterocycles. The van der Waals surface area contributed by atoms with Crippen molar-refractivity contribution in [2.45, 2.75) is 194 Å². The highest BCUT2D eigenvalue weighted by Crippen LogP contribution is 2.34. The zero-order valence-corrected chi connectivity index (χ0v) is 54.8. The number of benzene rings is 2. The number of hydrogen-bond donors (Lipinski definition) is 3. The number of hydrogen-bond acceptors (Lipinski definition) is 16. The fourth-order valence-electron chi connectivity index (χ4n) is 12.3. The van der Waals surface area contributed by atoms with Crippen molar-refractivity contribution >= 4 is 70.3 Å². The number of rotatable bonds is 38. The largest absolute Gasteiger partial charge is 0.445 e. The standard InChI is InChI=1S/C66H102N6O13S/c1-16-43(8)60(54(83-13)36-56(76)71-33-23-26-50(71)63(84-14)45(10)52(74)34-44(9)61(78)47-24-19-17-20-25-47)69(11)64(80)49(40(2)3)35-53(75)59(42(6)7)70(12)66(82)85-38-46-28-30-48(31-29-46)67-39-68-58(41(4)5)62(79)51(73)27-21-18-22-32-72-57(77)37-55(86-15)65(72)81/h17,19-20,24-25,28-31,40-45,49-50,54-55,58-61,63,67-68,78H,16,18,21-23,26-27,32-39H2,1-15H3/t43-,44-,45-,49-,50-,54+,55?,58-,59-,60-,61+,63+/m0/s1. The van der Waals surface area contributed by atoms with Gasteiger partial charge in [-0.1, -0.05) is 125 Å². The van der Waals surface area contributed by atoms with E-state index in [0.717, 1.165) is 12.0 Å². The number of aliphatic hydroxyl groups is 1. The van der Waals surface area contributed by atoms with Crippen molar-refractivity contribution in [2.24, 2.45) is 41.4 Å². The summed E-state index contributed by atoms with van der Waals surface area (Å²) in [5, 5.41) is 17.1. The molecular formula is C66H102N6O13S. The van der Waals surface area contributed by atoms with Crippen LogP contribution in [0.4, 0.5) is 10.5 Å². The monoisotopic (exact) mass is 1220 g/mol. The maximum Gasteiger partial charge on any atom is 0.410 e. The lowest BCUT2D eigenvalue weighted by Gasteiger charge is -2.41. The van der Waals surface area contributed by atoms with Gasteiger partial charge in [-0.3, -0.25) is 48.6 Å². The molecule has 3 N–H and O–H groups in total. The highest BCUT2D eigenvalue weighted by atomic mass is 32.2. The molecule has 480 valence electrons. The molecule has 2 aromatic rings. The van der Waals surface area contributed by atoms with Gasteiger partial charge in [0.1, 0.15) is 12.4 Å². The molecule has 1 unspecified atom stereocenters. The number of ketones is 4. The summed E-state index contributed by atoms with van der Waals surface area (Å²) >= 11 is 1.37. The number of nitrogens with zero attached hydrogens (tertiary/aromatic N) is 4. The Labute approximate surface area is 516 Å². The number of imide groups is 1. The SMILES string of the molecule is CC[C@H](C)[C@@H]([C@@H](CC(=O)N1CCC[C@H]1[C@H](OC)[C@@H](C)C(=O)C[C@H](C)[C@@H](O)c1ccccc1)OC)N(C)C(=O)[C@@H](CC(=O)[C@H](C(C)C)N(C)C(=O)OCc1ccc(NCN[C@H](C(=O)C(=O)CCCCCN2C(=O)CC(SC)C2=O)C(C)C)cc1)C(C)C. The Hall–Kier alpha value is -5.54. The predicted octanol–water partition coefficient (Wildman–Crippen LogP) is 8.93. The number of carbonyl (C=O) groups excluding carboxylic acids is 9. The number of likely N-dealkylation sites (tertiary alicyclic amines) is 2. The van der Waals surface area contributed by atoms with Gasteiger partial charge >= 0.3 is 6.09 Å². The van der Waals surface area contributed by atoms with Gasteiger partial charge in [-0.25, -0.2) is 4.79 Å². The molecule has 86 heavy (non-hydrogen) atoms. The molecule has 0 aromatic heterocycles. The molecule has 0 saturated carbocycles. The third kappa shape index (κ3) is 20.0. The van der Waals surface area contributed by atoms with Crippen molar-refractivity contribution in [2.75, 3.05) is 59.6 Å². The van der Waals surface area contributed by atoms with Crippen LogP contribution in [0.5, 0.6) is 0 Å². The van der Waals surface area contributed by atoms with Gasteiger partial charge in [0, 0.05) is 84.6 Å². The number of Topliss-reactive ketones (excluding diaryl/α,β-unsaturated/α-hetero) is 4. The lowest BCUT2D eigenvalue weighted by atomic mass is 9.83. The lowest BCUT2D eigenvalue weighted by molar-refractivity contribution is -0.149. The van der Waals surface area contributed by atoms with Crippen LogP contribution in [0.3, 0.4) is 0 Å². The van der Waals surface area contributed by atoms with Crippen molar-refractivity contribution < 1.29 is 62.5 Å². The van der Waals surface area contributed by atoms with E-state index in [-0.39, 0.29) is 121 Å². The van der Waals surface area contributed by atoms with E-state index in [1.807, 2.05) is 106 Å². The van der Waals surface area contributed by atoms with Crippen molar-refractivity contribution in [3.63, 3.8) is 0 Å². The van der Waals surface area contributed by atoms with Gasteiger partial charge in [-0.05, 0) is 84.8 Å². The maximum absolute atomic E-state index is 14.8. The number of thioether (sulfide) groups is 1. The molecule has 2 aromatic carbocycles. The van der Waals surface area contributed by atoms with Gasteiger partial charge in [0.05, 0.1) is 60.8 Å². The smallest absolute Gasteiger partial charge is 0.410 e. The number of ether oxygens (including phenoxy) is 3. The molecule has 0 bridgehead atoms. The van der Waals surface area contributed by atoms with E-state index >= 15 is 0 Å². The Bertz CT molecular complexity index is 2550. The number of amides is 5. The first-order valence-corrected chi connectivity index (χ1v) is 32.3. The summed E-state index contributed by atoms with van der Waals surface area (Å²) in [7, 11) is 6.33. The Morgan fingerprint density at radius 1 is 0.779 bits per heavy atom. The quantitative estimate of drug-likeness (QED) is 0.0246. The van der Waals surface area contributed by atoms with Crippen LogP contribution in [0.15, 0.2) is 54.6 Å². The van der Waals surface area contributed by atoms with Gasteiger partial charge in [0.25, 0.3) is 0 Å². The summed E-state index contributed by atoms with van der Waals surface area (Å²) < 4.78 is 17.9. The number of methoxy groups -OCH3 is 2. The molecule has 12 atom stereocenters. The average molecular weight is 1220 g/mol. The highest BCUT2D eigenvalue weighted by molar-refractivity contribution is 8.00. The van der Waals surface area contributed by atoms with E-state index in [2.05, 4.69) is 10.6 Å². The van der Waals surface area contributed by atoms with Crippen LogP contribution < -0.4 is 10.6 Å². The minimum Gasteiger partial charge on any atom is -0.445 e. The van der Waals surface area contributed by atoms with Crippen molar-refractivity contribution in [1.82, 2.24) is 24.9 Å². The lowest BCUT2D eigenvalue weighted by Crippen LogP contribution is -2.54. The Balaban J connectivity index is 1.31. The maximum atomic E-state index is 14.8. The average Bonchev–Trinajstić information content (AvgIpc) is 3.38. The van der Waals surface area contributed by atoms with Gasteiger partial charge in [-0.2, -0.15) is 11.8 Å². The molecule has 5 amide bonds. The summed E-state index contributed by atoms with van der Waals surface area (Å²) in [6.07, 6.45) is 2.98. The molecule has 20 heteroatoms. The van der Waals surface area contributed by atoms with Crippen molar-refractivity contribution in [3.8, 4) is 0 Å². The van der Waals surface area contributed by atoms with Crippen LogP contribution >= 0.6 is 11.8 Å². The fraction of sp³-hybridized carbons (Fsp3) is 0.682. The van der Waals surface area contributed by atoms with Gasteiger partial charge < -0.3 is 39.3 Å². The second kappa shape index (κ2) is 35.5. The second-order valence-corrected chi connectivity index (χ2v) is 25.9. The number of anilines is 1. The third-order valence-electron chi connectivity index (χ3n) is 17.7. The van der Waals surface area contributed by atoms with Crippen LogP contribution in [0.25, 0.3) is 0 Å². The van der Waals surface area contributed by atoms with E-state index in [9.17, 15) is 48.3 Å². The molecule has 2 fully saturated rings. The summed E-state index contributed by atoms with van der Waals surface area (Å²) in [4.78, 5) is 128. The Morgan fingerprint density at radius 2 is 1.44 bits per heavy atom. The third-order valence-corrected chi connectivity index (χ3v) is 18.6. The first-order chi connectivity index (χ1) is 40.7. The first kappa shape index (κ1) is 72.9. The normalized spacial score (nSPS) is 18.9. The Morgan fingerprint density at radius 3 is 2.01 bits per heavy atom. The van der Waals surface area contributed by atoms with E-state index < -0.39 is 65.9 Å². The fourth-order valence-corrected chi connectivity index (χ4v) is 12.9. The van der Waals surface area contributed by atoms with Crippen LogP contribution in [0.1, 0.15) is 157 Å². The van der Waals surface area contributed by atoms with Crippen LogP contribution in [0.2, 0.25) is 0 Å². The number of nitrogens with one attached hydrogen (secondary N) is 2. The minimum atomic E-state index is -0.905. The molecule has 2 heterocycles. The van der Waals surface area contributed by atoms with Crippen LogP contribution in [0, 0.1) is 41.4 Å². The van der Waals surface area contributed by atoms with Crippen molar-refractivity contribution in [3.05, 3.63) is 65.7 Å². The van der Waals surface area contributed by atoms with E-state index in [1.54, 1.807) is 48.2 Å². The van der Waals surface area contributed by atoms with Crippen LogP contribution in [-0.4, -0.2) is 174 Å². The summed E-state index contributed by atoms with van der Waals surface area (Å²) in [5.74, 6) is -4.59. The molecule has 2 saturated heterocycles. The van der Waals surface area contributed by atoms with E-state index in [4.69, 9.17) is 14.2 Å². The van der Waals surface area contributed by atoms with Crippen LogP contribution in [-0.2, 0) is 59.2 Å². The van der Waals surface area contributed by atoms with Gasteiger partial charge in [0.15, 0.2) is 11.6 Å². The summed E-state index contributed by atoms with van der Waals surface area (Å²) in [6, 6.07) is 13.9. The van der Waals surface area contributed by atoms with Crippen molar-refractivity contribution in [1.29, 1.82) is 0 Å². The zero-order valence-electron chi connectivity index (χ0n) is 54.0. The zero-order chi connectivity index (χ0) is 64.1. The molecule has 0 radical (unpaired) electrons. The molecule has 0 spiro atoms. The Kier molecular flexibility index (Phi) is 30.1. The topological polar surface area (TPSA) is 239 Å². The molecule has 0 aliphatic carbocycles. The highest BCUT2D eigenvalue weighted by Gasteiger charge is 2.44. The minimum absolute atomic E-state index is 0.0300. The second-order valence-electron chi connectivity index (χ2n) is 24.9. The molecule has 2 aliphatic rings. The van der Waals surface area contributed by atoms with E-state index in [0.29, 0.717) is 56.4 Å². The number of unbranched alkanes of at least 4 members (excludes halogenated alkanes) is 2. The van der Waals surface area contributed by atoms with Gasteiger partial charge in [0.2, 0.25) is 29.4 Å². The number of aliphatic hydroxyl groups excluding tert-OH is 1. The number of likely N-dealkylation sites (N-methyl/N-ethyl adjacent to an activating group) is 2. The molecule has 19 nitrogen and oxygen atoms in total. The molecule has 4 rings (SSSR count). The summed E-state index contributed by atoms with van der Waals surface area (Å²) in [6.45, 7) is 19.8. The number of carbonyl (C=O) groups is 9. The van der Waals surface area contributed by atoms with E-state index in [1.165, 1.54) is 35.7 Å². The molecular weight excluding hydrogens is 1120 g/mol. The first-order valence-electron chi connectivity index (χ1n) is 31.0. The summed E-state index contributed by atoms with van der Waals surface area (Å²) in [5.41, 5.74) is 2.14. The van der Waals surface area contributed by atoms with Gasteiger partial charge in [-0.15, -0.1) is 0 Å².